The molecule has 0 unspecified atom stereocenters. The Morgan fingerprint density at radius 2 is 1.92 bits per heavy atom. The van der Waals surface area contributed by atoms with E-state index in [0.29, 0.717) is 29.6 Å². The third-order valence-corrected chi connectivity index (χ3v) is 5.70. The number of hydrogen-bond acceptors (Lipinski definition) is 3. The molecule has 26 heavy (non-hydrogen) atoms. The van der Waals surface area contributed by atoms with Crippen molar-refractivity contribution >= 4 is 23.5 Å². The lowest BCUT2D eigenvalue weighted by atomic mass is 9.83. The van der Waals surface area contributed by atoms with E-state index in [0.717, 1.165) is 25.9 Å². The molecule has 2 atom stereocenters. The van der Waals surface area contributed by atoms with Crippen LogP contribution in [0.1, 0.15) is 36.5 Å². The molecule has 1 aromatic rings. The van der Waals surface area contributed by atoms with Crippen LogP contribution < -0.4 is 10.2 Å². The number of nitrogens with zero attached hydrogens (tertiary/aromatic N) is 2. The van der Waals surface area contributed by atoms with Gasteiger partial charge in [-0.15, -0.1) is 0 Å². The van der Waals surface area contributed by atoms with Crippen LogP contribution >= 0.6 is 0 Å². The van der Waals surface area contributed by atoms with Crippen molar-refractivity contribution in [2.75, 3.05) is 24.5 Å². The van der Waals surface area contributed by atoms with Gasteiger partial charge in [0.25, 0.3) is 5.91 Å². The van der Waals surface area contributed by atoms with E-state index in [4.69, 9.17) is 0 Å². The fourth-order valence-corrected chi connectivity index (χ4v) is 4.31. The topological polar surface area (TPSA) is 69.7 Å². The third-order valence-electron chi connectivity index (χ3n) is 5.70. The van der Waals surface area contributed by atoms with Gasteiger partial charge in [0.05, 0.1) is 11.3 Å². The van der Waals surface area contributed by atoms with Gasteiger partial charge in [-0.3, -0.25) is 19.8 Å². The zero-order valence-corrected chi connectivity index (χ0v) is 14.9. The molecule has 0 spiro atoms. The molecule has 6 heteroatoms. The molecule has 136 valence electrons. The predicted molar refractivity (Wildman–Crippen MR) is 97.8 cm³/mol. The van der Waals surface area contributed by atoms with Crippen LogP contribution in [0.15, 0.2) is 35.9 Å². The van der Waals surface area contributed by atoms with Crippen molar-refractivity contribution in [3.63, 3.8) is 0 Å². The number of carbonyl (C=O) groups excluding carboxylic acids is 3. The van der Waals surface area contributed by atoms with Crippen LogP contribution in [0.3, 0.4) is 0 Å². The smallest absolute Gasteiger partial charge is 0.328 e. The van der Waals surface area contributed by atoms with E-state index in [-0.39, 0.29) is 18.2 Å². The van der Waals surface area contributed by atoms with E-state index < -0.39 is 6.03 Å². The van der Waals surface area contributed by atoms with E-state index in [1.165, 1.54) is 10.5 Å². The minimum Gasteiger partial charge on any atom is -0.338 e. The van der Waals surface area contributed by atoms with Crippen LogP contribution in [0, 0.1) is 11.8 Å². The molecule has 1 N–H and O–H groups in total. The minimum absolute atomic E-state index is 0.0302. The van der Waals surface area contributed by atoms with E-state index in [9.17, 15) is 14.4 Å². The number of allylic oxidation sites excluding steroid dienone is 2. The van der Waals surface area contributed by atoms with Gasteiger partial charge in [0.15, 0.2) is 0 Å². The third kappa shape index (κ3) is 3.00. The molecule has 0 bridgehead atoms. The van der Waals surface area contributed by atoms with Gasteiger partial charge in [0, 0.05) is 26.1 Å². The summed E-state index contributed by atoms with van der Waals surface area (Å²) in [4.78, 5) is 40.2. The largest absolute Gasteiger partial charge is 0.338 e. The average Bonchev–Trinajstić information content (AvgIpc) is 3.04. The maximum atomic E-state index is 13.2. The van der Waals surface area contributed by atoms with Crippen LogP contribution in [-0.2, 0) is 4.79 Å². The molecule has 2 fully saturated rings. The Labute approximate surface area is 152 Å². The van der Waals surface area contributed by atoms with Crippen LogP contribution in [-0.4, -0.2) is 42.4 Å². The minimum atomic E-state index is -0.462. The number of hydrogen-bond donors (Lipinski definition) is 1. The summed E-state index contributed by atoms with van der Waals surface area (Å²) in [6, 6.07) is 6.71. The first kappa shape index (κ1) is 16.8. The number of imide groups is 1. The first-order valence-electron chi connectivity index (χ1n) is 9.18. The van der Waals surface area contributed by atoms with E-state index in [1.807, 2.05) is 17.0 Å². The lowest BCUT2D eigenvalue weighted by molar-refractivity contribution is -0.120. The Hall–Kier alpha value is -2.63. The molecule has 1 aromatic carbocycles. The van der Waals surface area contributed by atoms with Crippen molar-refractivity contribution in [1.82, 2.24) is 10.2 Å². The second-order valence-electron chi connectivity index (χ2n) is 7.49. The zero-order chi connectivity index (χ0) is 18.3. The number of likely N-dealkylation sites (tertiary alicyclic amines) is 1. The van der Waals surface area contributed by atoms with Crippen LogP contribution in [0.2, 0.25) is 0 Å². The van der Waals surface area contributed by atoms with E-state index in [1.54, 1.807) is 12.1 Å². The molecule has 2 aliphatic heterocycles. The Morgan fingerprint density at radius 1 is 1.15 bits per heavy atom. The van der Waals surface area contributed by atoms with Gasteiger partial charge < -0.3 is 4.90 Å². The molecule has 4 rings (SSSR count). The molecule has 2 saturated heterocycles. The average molecular weight is 353 g/mol. The fraction of sp³-hybridized carbons (Fsp3) is 0.450. The standard InChI is InChI=1S/C20H23N3O3/c1-13-6-7-14-11-22(12-15(14)10-13)19(25)16-4-2-3-5-17(16)23-9-8-18(24)21-20(23)26/h2-6,14-15H,7-12H2,1H3,(H,21,24,26)/t14-,15+/m0/s1. The van der Waals surface area contributed by atoms with Gasteiger partial charge in [-0.1, -0.05) is 23.8 Å². The van der Waals surface area contributed by atoms with Gasteiger partial charge in [-0.2, -0.15) is 0 Å². The normalized spacial score (nSPS) is 25.7. The van der Waals surface area contributed by atoms with Crippen molar-refractivity contribution in [2.45, 2.75) is 26.2 Å². The molecule has 0 aromatic heterocycles. The predicted octanol–water partition coefficient (Wildman–Crippen LogP) is 2.56. The molecule has 2 heterocycles. The second kappa shape index (κ2) is 6.59. The first-order chi connectivity index (χ1) is 12.5. The van der Waals surface area contributed by atoms with Crippen molar-refractivity contribution in [1.29, 1.82) is 0 Å². The summed E-state index contributed by atoms with van der Waals surface area (Å²) >= 11 is 0. The number of anilines is 1. The monoisotopic (exact) mass is 353 g/mol. The number of benzene rings is 1. The molecular weight excluding hydrogens is 330 g/mol. The van der Waals surface area contributed by atoms with Gasteiger partial charge >= 0.3 is 6.03 Å². The van der Waals surface area contributed by atoms with Crippen LogP contribution in [0.5, 0.6) is 0 Å². The van der Waals surface area contributed by atoms with Crippen molar-refractivity contribution in [3.05, 3.63) is 41.5 Å². The van der Waals surface area contributed by atoms with E-state index >= 15 is 0 Å². The lowest BCUT2D eigenvalue weighted by Gasteiger charge is -2.29. The van der Waals surface area contributed by atoms with E-state index in [2.05, 4.69) is 18.3 Å². The molecule has 0 saturated carbocycles. The molecule has 4 amide bonds. The molecule has 3 aliphatic rings. The number of rotatable bonds is 2. The molecule has 0 radical (unpaired) electrons. The summed E-state index contributed by atoms with van der Waals surface area (Å²) in [5.41, 5.74) is 2.52. The molecule has 1 aliphatic carbocycles. The number of urea groups is 1. The zero-order valence-electron chi connectivity index (χ0n) is 14.9. The maximum Gasteiger partial charge on any atom is 0.328 e. The summed E-state index contributed by atoms with van der Waals surface area (Å²) in [6.07, 6.45) is 4.64. The summed E-state index contributed by atoms with van der Waals surface area (Å²) in [6.45, 7) is 4.00. The first-order valence-corrected chi connectivity index (χ1v) is 9.18. The molecule has 6 nitrogen and oxygen atoms in total. The van der Waals surface area contributed by atoms with Gasteiger partial charge in [-0.25, -0.2) is 4.79 Å². The Balaban J connectivity index is 1.56. The van der Waals surface area contributed by atoms with Crippen molar-refractivity contribution in [3.8, 4) is 0 Å². The number of carbonyl (C=O) groups is 3. The highest BCUT2D eigenvalue weighted by Gasteiger charge is 2.37. The van der Waals surface area contributed by atoms with Crippen LogP contribution in [0.4, 0.5) is 10.5 Å². The highest BCUT2D eigenvalue weighted by Crippen LogP contribution is 2.37. The van der Waals surface area contributed by atoms with Crippen molar-refractivity contribution < 1.29 is 14.4 Å². The van der Waals surface area contributed by atoms with Gasteiger partial charge in [-0.05, 0) is 43.7 Å². The highest BCUT2D eigenvalue weighted by atomic mass is 16.2. The highest BCUT2D eigenvalue weighted by molar-refractivity contribution is 6.09. The lowest BCUT2D eigenvalue weighted by Crippen LogP contribution is -2.50. The van der Waals surface area contributed by atoms with Gasteiger partial charge in [0.2, 0.25) is 5.91 Å². The summed E-state index contributed by atoms with van der Waals surface area (Å²) in [5.74, 6) is 0.761. The quantitative estimate of drug-likeness (QED) is 0.831. The number of nitrogens with one attached hydrogen (secondary N) is 1. The molecular formula is C20H23N3O3. The number of fused-ring (bicyclic) bond motifs is 1. The maximum absolute atomic E-state index is 13.2. The Kier molecular flexibility index (Phi) is 4.26. The summed E-state index contributed by atoms with van der Waals surface area (Å²) in [5, 5.41) is 2.33. The second-order valence-corrected chi connectivity index (χ2v) is 7.49. The van der Waals surface area contributed by atoms with Crippen LogP contribution in [0.25, 0.3) is 0 Å². The fourth-order valence-electron chi connectivity index (χ4n) is 4.31. The Morgan fingerprint density at radius 3 is 2.73 bits per heavy atom. The summed E-state index contributed by atoms with van der Waals surface area (Å²) < 4.78 is 0. The number of amides is 4. The Bertz CT molecular complexity index is 801. The SMILES string of the molecule is CC1=CC[C@H]2CN(C(=O)c3ccccc3N3CCC(=O)NC3=O)C[C@H]2C1. The van der Waals surface area contributed by atoms with Crippen molar-refractivity contribution in [2.24, 2.45) is 11.8 Å². The number of para-hydroxylation sites is 1. The van der Waals surface area contributed by atoms with Gasteiger partial charge in [0.1, 0.15) is 0 Å². The summed E-state index contributed by atoms with van der Waals surface area (Å²) in [7, 11) is 0.